The van der Waals surface area contributed by atoms with Crippen LogP contribution in [0.2, 0.25) is 0 Å². The summed E-state index contributed by atoms with van der Waals surface area (Å²) in [6.07, 6.45) is 3.17. The molecule has 1 amide bonds. The van der Waals surface area contributed by atoms with E-state index in [1.54, 1.807) is 0 Å². The Hall–Kier alpha value is -0.610. The summed E-state index contributed by atoms with van der Waals surface area (Å²) < 4.78 is 0. The number of carbonyl (C=O) groups is 1. The Morgan fingerprint density at radius 3 is 1.95 bits per heavy atom. The highest BCUT2D eigenvalue weighted by Crippen LogP contribution is 2.37. The molecule has 4 heteroatoms. The molecule has 4 nitrogen and oxygen atoms in total. The second-order valence-electron chi connectivity index (χ2n) is 7.05. The first kappa shape index (κ1) is 16.4. The lowest BCUT2D eigenvalue weighted by Crippen LogP contribution is -2.62. The van der Waals surface area contributed by atoms with Crippen molar-refractivity contribution in [3.63, 3.8) is 0 Å². The molecule has 1 aliphatic rings. The molecule has 1 aliphatic heterocycles. The highest BCUT2D eigenvalue weighted by Gasteiger charge is 2.46. The van der Waals surface area contributed by atoms with E-state index in [1.165, 1.54) is 5.06 Å². The van der Waals surface area contributed by atoms with Crippen LogP contribution in [0, 0.1) is 5.92 Å². The van der Waals surface area contributed by atoms with Gasteiger partial charge < -0.3 is 5.32 Å². The molecule has 19 heavy (non-hydrogen) atoms. The standard InChI is InChI=1S/C15H29N2O2/c1-7-11(8-2)13(18)16-12-9-14(3,4)17(19)15(5,6)10-12/h11-12H,7-10H2,1-6H3,(H,16,18). The summed E-state index contributed by atoms with van der Waals surface area (Å²) in [6, 6.07) is 0.100. The quantitative estimate of drug-likeness (QED) is 0.853. The fourth-order valence-corrected chi connectivity index (χ4v) is 3.34. The van der Waals surface area contributed by atoms with Crippen LogP contribution < -0.4 is 5.32 Å². The predicted octanol–water partition coefficient (Wildman–Crippen LogP) is 2.91. The normalized spacial score (nSPS) is 23.6. The molecule has 0 unspecified atom stereocenters. The molecule has 0 atom stereocenters. The molecule has 0 aromatic heterocycles. The maximum absolute atomic E-state index is 12.3. The Kier molecular flexibility index (Phi) is 5.02. The minimum absolute atomic E-state index is 0.0940. The third-order valence-corrected chi connectivity index (χ3v) is 4.29. The zero-order valence-corrected chi connectivity index (χ0v) is 13.2. The monoisotopic (exact) mass is 269 g/mol. The van der Waals surface area contributed by atoms with E-state index in [2.05, 4.69) is 5.32 Å². The van der Waals surface area contributed by atoms with Gasteiger partial charge in [0.15, 0.2) is 0 Å². The average molecular weight is 269 g/mol. The number of hydrogen-bond donors (Lipinski definition) is 1. The first-order chi connectivity index (χ1) is 8.64. The summed E-state index contributed by atoms with van der Waals surface area (Å²) in [5, 5.41) is 16.6. The van der Waals surface area contributed by atoms with Crippen LogP contribution in [-0.2, 0) is 10.0 Å². The summed E-state index contributed by atoms with van der Waals surface area (Å²) in [5.41, 5.74) is -0.846. The molecular formula is C15H29N2O2. The van der Waals surface area contributed by atoms with E-state index < -0.39 is 11.1 Å². The van der Waals surface area contributed by atoms with Crippen molar-refractivity contribution in [1.29, 1.82) is 0 Å². The lowest BCUT2D eigenvalue weighted by Gasteiger charge is -2.50. The maximum atomic E-state index is 12.3. The summed E-state index contributed by atoms with van der Waals surface area (Å²) in [6.45, 7) is 11.9. The van der Waals surface area contributed by atoms with Gasteiger partial charge in [-0.25, -0.2) is 0 Å². The third kappa shape index (κ3) is 3.69. The molecule has 0 aromatic rings. The predicted molar refractivity (Wildman–Crippen MR) is 75.9 cm³/mol. The van der Waals surface area contributed by atoms with Crippen LogP contribution in [-0.4, -0.2) is 28.1 Å². The minimum Gasteiger partial charge on any atom is -0.353 e. The Bertz CT molecular complexity index is 304. The Morgan fingerprint density at radius 2 is 1.58 bits per heavy atom. The van der Waals surface area contributed by atoms with Crippen molar-refractivity contribution < 1.29 is 10.0 Å². The molecule has 0 spiro atoms. The smallest absolute Gasteiger partial charge is 0.223 e. The van der Waals surface area contributed by atoms with E-state index in [4.69, 9.17) is 0 Å². The van der Waals surface area contributed by atoms with Gasteiger partial charge in [-0.05, 0) is 53.4 Å². The Morgan fingerprint density at radius 1 is 1.16 bits per heavy atom. The van der Waals surface area contributed by atoms with Gasteiger partial charge in [-0.2, -0.15) is 0 Å². The fourth-order valence-electron chi connectivity index (χ4n) is 3.34. The molecule has 1 radical (unpaired) electrons. The molecule has 0 aliphatic carbocycles. The van der Waals surface area contributed by atoms with Crippen molar-refractivity contribution in [3.05, 3.63) is 0 Å². The molecule has 0 aromatic carbocycles. The molecule has 111 valence electrons. The number of nitrogens with zero attached hydrogens (tertiary/aromatic N) is 1. The summed E-state index contributed by atoms with van der Waals surface area (Å²) in [5.74, 6) is 0.234. The van der Waals surface area contributed by atoms with Gasteiger partial charge in [0.05, 0.1) is 0 Å². The van der Waals surface area contributed by atoms with Gasteiger partial charge in [-0.3, -0.25) is 4.79 Å². The van der Waals surface area contributed by atoms with E-state index in [9.17, 15) is 10.0 Å². The lowest BCUT2D eigenvalue weighted by molar-refractivity contribution is -0.290. The van der Waals surface area contributed by atoms with E-state index in [1.807, 2.05) is 41.5 Å². The zero-order chi connectivity index (χ0) is 14.8. The molecule has 1 heterocycles. The van der Waals surface area contributed by atoms with E-state index >= 15 is 0 Å². The largest absolute Gasteiger partial charge is 0.353 e. The van der Waals surface area contributed by atoms with E-state index in [0.717, 1.165) is 12.8 Å². The van der Waals surface area contributed by atoms with Crippen LogP contribution in [0.25, 0.3) is 0 Å². The van der Waals surface area contributed by atoms with Crippen LogP contribution in [0.1, 0.15) is 67.2 Å². The van der Waals surface area contributed by atoms with Crippen molar-refractivity contribution >= 4 is 5.91 Å². The number of rotatable bonds is 4. The van der Waals surface area contributed by atoms with Gasteiger partial charge in [0, 0.05) is 23.0 Å². The van der Waals surface area contributed by atoms with Crippen molar-refractivity contribution in [1.82, 2.24) is 10.4 Å². The summed E-state index contributed by atoms with van der Waals surface area (Å²) in [7, 11) is 0. The van der Waals surface area contributed by atoms with Gasteiger partial charge >= 0.3 is 0 Å². The molecule has 0 bridgehead atoms. The topological polar surface area (TPSA) is 52.2 Å². The summed E-state index contributed by atoms with van der Waals surface area (Å²) >= 11 is 0. The fraction of sp³-hybridized carbons (Fsp3) is 0.933. The van der Waals surface area contributed by atoms with Crippen LogP contribution in [0.15, 0.2) is 0 Å². The molecule has 1 N–H and O–H groups in total. The molecule has 1 fully saturated rings. The number of amides is 1. The molecule has 0 saturated carbocycles. The van der Waals surface area contributed by atoms with Gasteiger partial charge in [0.25, 0.3) is 0 Å². The van der Waals surface area contributed by atoms with Crippen LogP contribution in [0.3, 0.4) is 0 Å². The number of hydrogen-bond acceptors (Lipinski definition) is 2. The van der Waals surface area contributed by atoms with Gasteiger partial charge in [0.1, 0.15) is 0 Å². The highest BCUT2D eigenvalue weighted by molar-refractivity contribution is 5.78. The number of piperidine rings is 1. The van der Waals surface area contributed by atoms with E-state index in [-0.39, 0.29) is 17.9 Å². The molecule has 1 rings (SSSR count). The molecule has 1 saturated heterocycles. The molecular weight excluding hydrogens is 240 g/mol. The summed E-state index contributed by atoms with van der Waals surface area (Å²) in [4.78, 5) is 12.2. The second kappa shape index (κ2) is 5.80. The number of carbonyl (C=O) groups excluding carboxylic acids is 1. The van der Waals surface area contributed by atoms with Crippen LogP contribution in [0.5, 0.6) is 0 Å². The van der Waals surface area contributed by atoms with Crippen molar-refractivity contribution in [2.45, 2.75) is 84.3 Å². The SMILES string of the molecule is CCC(CC)C(=O)NC1CC(C)(C)N([O])C(C)(C)C1. The van der Waals surface area contributed by atoms with Crippen LogP contribution >= 0.6 is 0 Å². The van der Waals surface area contributed by atoms with Crippen molar-refractivity contribution in [2.24, 2.45) is 5.92 Å². The van der Waals surface area contributed by atoms with Gasteiger partial charge in [0.2, 0.25) is 5.91 Å². The van der Waals surface area contributed by atoms with Crippen LogP contribution in [0.4, 0.5) is 0 Å². The Balaban J connectivity index is 2.73. The maximum Gasteiger partial charge on any atom is 0.223 e. The first-order valence-corrected chi connectivity index (χ1v) is 7.42. The lowest BCUT2D eigenvalue weighted by atomic mass is 9.78. The second-order valence-corrected chi connectivity index (χ2v) is 7.05. The Labute approximate surface area is 117 Å². The van der Waals surface area contributed by atoms with Gasteiger partial charge in [-0.15, -0.1) is 10.3 Å². The zero-order valence-electron chi connectivity index (χ0n) is 13.2. The number of nitrogens with one attached hydrogen (secondary N) is 1. The number of hydroxylamine groups is 2. The van der Waals surface area contributed by atoms with Gasteiger partial charge in [-0.1, -0.05) is 13.8 Å². The van der Waals surface area contributed by atoms with Crippen molar-refractivity contribution in [2.75, 3.05) is 0 Å². The minimum atomic E-state index is -0.423. The highest BCUT2D eigenvalue weighted by atomic mass is 16.5. The van der Waals surface area contributed by atoms with E-state index in [0.29, 0.717) is 12.8 Å². The third-order valence-electron chi connectivity index (χ3n) is 4.29. The average Bonchev–Trinajstić information content (AvgIpc) is 2.26. The first-order valence-electron chi connectivity index (χ1n) is 7.42. The van der Waals surface area contributed by atoms with Crippen molar-refractivity contribution in [3.8, 4) is 0 Å².